The zero-order valence-electron chi connectivity index (χ0n) is 14.5. The Labute approximate surface area is 161 Å². The van der Waals surface area contributed by atoms with Crippen LogP contribution < -0.4 is 10.1 Å². The van der Waals surface area contributed by atoms with E-state index in [9.17, 15) is 4.79 Å². The molecule has 4 rings (SSSR count). The van der Waals surface area contributed by atoms with Crippen LogP contribution in [0.2, 0.25) is 0 Å². The van der Waals surface area contributed by atoms with E-state index in [-0.39, 0.29) is 12.2 Å². The monoisotopic (exact) mass is 391 g/mol. The maximum absolute atomic E-state index is 12.7. The highest BCUT2D eigenvalue weighted by molar-refractivity contribution is 8.00. The van der Waals surface area contributed by atoms with Gasteiger partial charge in [0, 0.05) is 17.2 Å². The van der Waals surface area contributed by atoms with Gasteiger partial charge in [0.2, 0.25) is 5.91 Å². The van der Waals surface area contributed by atoms with Crippen molar-refractivity contribution in [2.45, 2.75) is 19.3 Å². The predicted octanol–water partition coefficient (Wildman–Crippen LogP) is 3.93. The predicted molar refractivity (Wildman–Crippen MR) is 104 cm³/mol. The number of hydrogen-bond acceptors (Lipinski definition) is 6. The summed E-state index contributed by atoms with van der Waals surface area (Å²) in [7, 11) is 0. The summed E-state index contributed by atoms with van der Waals surface area (Å²) >= 11 is 3.47. The summed E-state index contributed by atoms with van der Waals surface area (Å²) in [5.41, 5.74) is 0.0264. The molecule has 0 aliphatic carbocycles. The van der Waals surface area contributed by atoms with Crippen LogP contribution >= 0.6 is 23.1 Å². The van der Waals surface area contributed by atoms with E-state index in [0.717, 1.165) is 27.8 Å². The Kier molecular flexibility index (Phi) is 5.22. The molecule has 3 heterocycles. The number of carbonyl (C=O) groups is 1. The smallest absolute Gasteiger partial charge is 0.234 e. The molecule has 0 saturated carbocycles. The van der Waals surface area contributed by atoms with Gasteiger partial charge in [-0.2, -0.15) is 11.8 Å². The molecule has 1 aromatic heterocycles. The normalized spacial score (nSPS) is 26.1. The van der Waals surface area contributed by atoms with Crippen molar-refractivity contribution in [3.05, 3.63) is 46.7 Å². The topological polar surface area (TPSA) is 56.8 Å². The number of carbonyl (C=O) groups excluding carboxylic acids is 1. The van der Waals surface area contributed by atoms with Crippen LogP contribution in [0.3, 0.4) is 0 Å². The van der Waals surface area contributed by atoms with Gasteiger partial charge in [0.15, 0.2) is 6.29 Å². The van der Waals surface area contributed by atoms with Crippen LogP contribution in [0.1, 0.15) is 18.1 Å². The molecule has 2 aliphatic rings. The standard InChI is InChI=1S/C19H21NO4S2/c1-19(11-22-17(23-12-19)16-3-2-8-26-16)18(21)20-13-4-6-14(7-5-13)24-15-9-25-10-15/h2-8,15,17H,9-12H2,1H3,(H,20,21). The van der Waals surface area contributed by atoms with E-state index in [1.165, 1.54) is 0 Å². The van der Waals surface area contributed by atoms with Gasteiger partial charge >= 0.3 is 0 Å². The van der Waals surface area contributed by atoms with Crippen molar-refractivity contribution in [1.29, 1.82) is 0 Å². The zero-order valence-corrected chi connectivity index (χ0v) is 16.1. The second kappa shape index (κ2) is 7.60. The number of thiophene rings is 1. The maximum atomic E-state index is 12.7. The largest absolute Gasteiger partial charge is 0.489 e. The fourth-order valence-corrected chi connectivity index (χ4v) is 3.99. The highest BCUT2D eigenvalue weighted by Gasteiger charge is 2.40. The molecule has 2 saturated heterocycles. The van der Waals surface area contributed by atoms with E-state index < -0.39 is 5.41 Å². The Morgan fingerprint density at radius 3 is 2.50 bits per heavy atom. The Morgan fingerprint density at radius 1 is 1.19 bits per heavy atom. The van der Waals surface area contributed by atoms with Gasteiger partial charge in [0.05, 0.1) is 23.5 Å². The third kappa shape index (κ3) is 3.91. The summed E-state index contributed by atoms with van der Waals surface area (Å²) < 4.78 is 17.4. The van der Waals surface area contributed by atoms with Gasteiger partial charge in [0.1, 0.15) is 11.9 Å². The lowest BCUT2D eigenvalue weighted by Gasteiger charge is -2.35. The minimum Gasteiger partial charge on any atom is -0.489 e. The van der Waals surface area contributed by atoms with Crippen molar-refractivity contribution in [3.63, 3.8) is 0 Å². The van der Waals surface area contributed by atoms with Gasteiger partial charge in [0.25, 0.3) is 0 Å². The summed E-state index contributed by atoms with van der Waals surface area (Å²) in [6.45, 7) is 2.50. The van der Waals surface area contributed by atoms with E-state index >= 15 is 0 Å². The average molecular weight is 392 g/mol. The minimum absolute atomic E-state index is 0.105. The lowest BCUT2D eigenvalue weighted by Crippen LogP contribution is -2.45. The van der Waals surface area contributed by atoms with Crippen LogP contribution in [0.4, 0.5) is 5.69 Å². The van der Waals surface area contributed by atoms with Gasteiger partial charge in [-0.15, -0.1) is 11.3 Å². The number of nitrogens with one attached hydrogen (secondary N) is 1. The van der Waals surface area contributed by atoms with Crippen molar-refractivity contribution in [2.75, 3.05) is 30.0 Å². The molecule has 1 aromatic carbocycles. The van der Waals surface area contributed by atoms with Crippen LogP contribution in [0.25, 0.3) is 0 Å². The van der Waals surface area contributed by atoms with E-state index in [1.807, 2.05) is 60.5 Å². The molecule has 2 aromatic rings. The molecular weight excluding hydrogens is 370 g/mol. The molecule has 0 radical (unpaired) electrons. The number of anilines is 1. The van der Waals surface area contributed by atoms with Crippen molar-refractivity contribution in [3.8, 4) is 5.75 Å². The highest BCUT2D eigenvalue weighted by atomic mass is 32.2. The maximum Gasteiger partial charge on any atom is 0.234 e. The van der Waals surface area contributed by atoms with Crippen molar-refractivity contribution >= 4 is 34.7 Å². The summed E-state index contributed by atoms with van der Waals surface area (Å²) in [5, 5.41) is 4.94. The molecule has 0 bridgehead atoms. The van der Waals surface area contributed by atoms with Crippen molar-refractivity contribution < 1.29 is 19.0 Å². The van der Waals surface area contributed by atoms with E-state index in [4.69, 9.17) is 14.2 Å². The van der Waals surface area contributed by atoms with Crippen LogP contribution in [0.5, 0.6) is 5.75 Å². The van der Waals surface area contributed by atoms with Crippen molar-refractivity contribution in [1.82, 2.24) is 0 Å². The van der Waals surface area contributed by atoms with Crippen molar-refractivity contribution in [2.24, 2.45) is 5.41 Å². The first-order valence-electron chi connectivity index (χ1n) is 8.55. The molecule has 0 spiro atoms. The fourth-order valence-electron chi connectivity index (χ4n) is 2.70. The average Bonchev–Trinajstić information content (AvgIpc) is 3.15. The van der Waals surface area contributed by atoms with Crippen LogP contribution in [0.15, 0.2) is 41.8 Å². The molecule has 1 N–H and O–H groups in total. The zero-order chi connectivity index (χ0) is 18.0. The van der Waals surface area contributed by atoms with Crippen LogP contribution in [-0.4, -0.2) is 36.7 Å². The lowest BCUT2D eigenvalue weighted by molar-refractivity contribution is -0.225. The Hall–Kier alpha value is -1.54. The number of thioether (sulfide) groups is 1. The molecule has 26 heavy (non-hydrogen) atoms. The quantitative estimate of drug-likeness (QED) is 0.837. The first-order chi connectivity index (χ1) is 12.6. The highest BCUT2D eigenvalue weighted by Crippen LogP contribution is 2.34. The van der Waals surface area contributed by atoms with Crippen LogP contribution in [0, 0.1) is 5.41 Å². The molecule has 2 aliphatic heterocycles. The second-order valence-electron chi connectivity index (χ2n) is 6.79. The SMILES string of the molecule is CC1(C(=O)Nc2ccc(OC3CSC3)cc2)COC(c2cccs2)OC1. The van der Waals surface area contributed by atoms with Gasteiger partial charge in [-0.1, -0.05) is 6.07 Å². The number of ether oxygens (including phenoxy) is 3. The summed E-state index contributed by atoms with van der Waals surface area (Å²) in [6, 6.07) is 11.4. The van der Waals surface area contributed by atoms with Crippen LogP contribution in [-0.2, 0) is 14.3 Å². The summed E-state index contributed by atoms with van der Waals surface area (Å²) in [6.07, 6.45) is -0.0656. The fraction of sp³-hybridized carbons (Fsp3) is 0.421. The third-order valence-electron chi connectivity index (χ3n) is 4.45. The number of hydrogen-bond donors (Lipinski definition) is 1. The number of rotatable bonds is 5. The lowest BCUT2D eigenvalue weighted by atomic mass is 9.90. The summed E-state index contributed by atoms with van der Waals surface area (Å²) in [5.74, 6) is 2.82. The van der Waals surface area contributed by atoms with Gasteiger partial charge in [-0.25, -0.2) is 0 Å². The molecule has 0 atom stereocenters. The minimum atomic E-state index is -0.716. The van der Waals surface area contributed by atoms with E-state index in [0.29, 0.717) is 19.3 Å². The molecule has 5 nitrogen and oxygen atoms in total. The van der Waals surface area contributed by atoms with E-state index in [1.54, 1.807) is 11.3 Å². The molecule has 1 amide bonds. The van der Waals surface area contributed by atoms with Gasteiger partial charge < -0.3 is 19.5 Å². The van der Waals surface area contributed by atoms with E-state index in [2.05, 4.69) is 5.32 Å². The number of amides is 1. The molecule has 0 unspecified atom stereocenters. The molecule has 7 heteroatoms. The molecule has 138 valence electrons. The Morgan fingerprint density at radius 2 is 1.92 bits per heavy atom. The third-order valence-corrected chi connectivity index (χ3v) is 6.56. The Bertz CT molecular complexity index is 735. The Balaban J connectivity index is 1.32. The first-order valence-corrected chi connectivity index (χ1v) is 10.6. The molecule has 2 fully saturated rings. The number of benzene rings is 1. The van der Waals surface area contributed by atoms with Gasteiger partial charge in [-0.3, -0.25) is 4.79 Å². The first kappa shape index (κ1) is 17.9. The summed E-state index contributed by atoms with van der Waals surface area (Å²) in [4.78, 5) is 13.7. The second-order valence-corrected chi connectivity index (χ2v) is 8.84. The van der Waals surface area contributed by atoms with Gasteiger partial charge in [-0.05, 0) is 42.6 Å². The molecular formula is C19H21NO4S2.